The molecule has 0 spiro atoms. The van der Waals surface area contributed by atoms with Gasteiger partial charge in [-0.25, -0.2) is 24.8 Å². The topological polar surface area (TPSA) is 162 Å². The maximum Gasteiger partial charge on any atom is 0.270 e. The minimum Gasteiger partial charge on any atom is -0.493 e. The summed E-state index contributed by atoms with van der Waals surface area (Å²) < 4.78 is 88.9. The maximum atomic E-state index is 13.8. The Labute approximate surface area is 457 Å². The van der Waals surface area contributed by atoms with Crippen LogP contribution in [-0.2, 0) is 20.0 Å². The van der Waals surface area contributed by atoms with Gasteiger partial charge in [-0.2, -0.15) is 0 Å². The first kappa shape index (κ1) is 52.9. The highest BCUT2D eigenvalue weighted by molar-refractivity contribution is 7.90. The smallest absolute Gasteiger partial charge is 0.270 e. The Kier molecular flexibility index (Phi) is 15.1. The molecule has 0 saturated carbocycles. The molecule has 12 aromatic rings. The van der Waals surface area contributed by atoms with Crippen LogP contribution in [0.1, 0.15) is 0 Å². The van der Waals surface area contributed by atoms with Crippen LogP contribution >= 0.6 is 0 Å². The van der Waals surface area contributed by atoms with E-state index >= 15 is 0 Å². The molecule has 4 aromatic heterocycles. The molecule has 16 heteroatoms. The number of nitrogens with zero attached hydrogens (tertiary/aromatic N) is 3. The van der Waals surface area contributed by atoms with Gasteiger partial charge in [-0.1, -0.05) is 109 Å². The number of methoxy groups -OCH3 is 6. The Morgan fingerprint density at radius 2 is 0.848 bits per heavy atom. The number of nitrogens with one attached hydrogen (secondary N) is 1. The van der Waals surface area contributed by atoms with Crippen LogP contribution in [0.15, 0.2) is 223 Å². The van der Waals surface area contributed by atoms with E-state index in [-0.39, 0.29) is 9.79 Å². The molecule has 0 radical (unpaired) electrons. The first-order valence-corrected chi connectivity index (χ1v) is 27.7. The Morgan fingerprint density at radius 1 is 0.405 bits per heavy atom. The van der Waals surface area contributed by atoms with Crippen molar-refractivity contribution in [2.24, 2.45) is 0 Å². The van der Waals surface area contributed by atoms with Gasteiger partial charge >= 0.3 is 0 Å². The third-order valence-electron chi connectivity index (χ3n) is 13.5. The normalized spacial score (nSPS) is 11.4. The number of para-hydroxylation sites is 4. The molecule has 0 aliphatic rings. The molecule has 0 aliphatic heterocycles. The summed E-state index contributed by atoms with van der Waals surface area (Å²) >= 11 is 0. The van der Waals surface area contributed by atoms with E-state index in [0.717, 1.165) is 66.6 Å². The minimum atomic E-state index is -3.91. The summed E-state index contributed by atoms with van der Waals surface area (Å²) in [6.07, 6.45) is 6.94. The lowest BCUT2D eigenvalue weighted by molar-refractivity contribution is 0.355. The number of aromatic amines is 1. The minimum absolute atomic E-state index is 0.162. The van der Waals surface area contributed by atoms with Crippen LogP contribution in [0, 0.1) is 0 Å². The van der Waals surface area contributed by atoms with Crippen LogP contribution in [0.25, 0.3) is 77.0 Å². The van der Waals surface area contributed by atoms with Crippen molar-refractivity contribution in [1.82, 2.24) is 17.9 Å². The van der Waals surface area contributed by atoms with Crippen molar-refractivity contribution in [2.45, 2.75) is 9.79 Å². The lowest BCUT2D eigenvalue weighted by atomic mass is 10.0. The summed E-state index contributed by atoms with van der Waals surface area (Å²) in [4.78, 5) is 8.02. The Hall–Kier alpha value is -9.51. The Morgan fingerprint density at radius 3 is 1.37 bits per heavy atom. The SMILES string of the molecule is COc1ccc(-c2c[nH]c3ccccc23)cc1OC.COc1ccc(-c2cn(S(=O)(=O)c3cccc4cccnc34)c3ccccc23)cc1OC.COc1ccc(-c2cn(S(=O)(=O)c3ccccc3)c3ccccc23)cc1OC. The standard InChI is InChI=1S/C25H20N2O4S.C22H19NO4S.C16H15NO2/c1-30-22-13-12-18(15-23(22)31-2)20-16-27(21-10-4-3-9-19(20)21)32(28,29)24-11-5-7-17-8-6-14-26-25(17)24;1-26-21-13-12-16(14-22(21)27-2)19-15-23(20-11-7-6-10-18(19)20)28(24,25)17-8-4-3-5-9-17;1-18-15-8-7-11(9-16(15)19-2)13-10-17-14-6-4-3-5-12(13)14/h3-16H,1-2H3;3-15H,1-2H3;3-10,17H,1-2H3. The van der Waals surface area contributed by atoms with Crippen molar-refractivity contribution >= 4 is 63.7 Å². The molecule has 0 unspecified atom stereocenters. The zero-order valence-corrected chi connectivity index (χ0v) is 45.6. The number of fused-ring (bicyclic) bond motifs is 4. The molecule has 4 heterocycles. The predicted octanol–water partition coefficient (Wildman–Crippen LogP) is 13.5. The van der Waals surface area contributed by atoms with Crippen molar-refractivity contribution in [3.8, 4) is 67.9 Å². The molecule has 398 valence electrons. The quantitative estimate of drug-likeness (QED) is 0.117. The van der Waals surface area contributed by atoms with Gasteiger partial charge in [0.15, 0.2) is 34.5 Å². The van der Waals surface area contributed by atoms with E-state index in [0.29, 0.717) is 39.5 Å². The van der Waals surface area contributed by atoms with E-state index in [4.69, 9.17) is 28.4 Å². The number of pyridine rings is 1. The number of aromatic nitrogens is 4. The van der Waals surface area contributed by atoms with Crippen molar-refractivity contribution < 1.29 is 45.3 Å². The average molecular weight is 1090 g/mol. The van der Waals surface area contributed by atoms with E-state index in [1.165, 1.54) is 13.3 Å². The average Bonchev–Trinajstić information content (AvgIpc) is 4.46. The first-order valence-electron chi connectivity index (χ1n) is 24.8. The Balaban J connectivity index is 0.000000138. The van der Waals surface area contributed by atoms with Gasteiger partial charge in [-0.3, -0.25) is 4.98 Å². The molecule has 0 aliphatic carbocycles. The number of ether oxygens (including phenoxy) is 6. The number of benzene rings is 8. The summed E-state index contributed by atoms with van der Waals surface area (Å²) in [5.74, 6) is 3.86. The number of rotatable bonds is 13. The number of hydrogen-bond donors (Lipinski definition) is 1. The van der Waals surface area contributed by atoms with E-state index in [1.54, 1.807) is 122 Å². The highest BCUT2D eigenvalue weighted by Crippen LogP contribution is 2.40. The van der Waals surface area contributed by atoms with E-state index < -0.39 is 20.0 Å². The van der Waals surface area contributed by atoms with Crippen LogP contribution in [0.3, 0.4) is 0 Å². The summed E-state index contributed by atoms with van der Waals surface area (Å²) in [7, 11) is 1.96. The lowest BCUT2D eigenvalue weighted by Crippen LogP contribution is -2.12. The molecule has 0 fully saturated rings. The monoisotopic (exact) mass is 1090 g/mol. The van der Waals surface area contributed by atoms with Gasteiger partial charge < -0.3 is 33.4 Å². The first-order chi connectivity index (χ1) is 38.4. The second-order valence-electron chi connectivity index (χ2n) is 17.8. The van der Waals surface area contributed by atoms with Crippen LogP contribution in [0.5, 0.6) is 34.5 Å². The maximum absolute atomic E-state index is 13.8. The summed E-state index contributed by atoms with van der Waals surface area (Å²) in [6.45, 7) is 0. The van der Waals surface area contributed by atoms with Gasteiger partial charge in [0.05, 0.1) is 64.1 Å². The highest BCUT2D eigenvalue weighted by atomic mass is 32.2. The second-order valence-corrected chi connectivity index (χ2v) is 21.4. The molecule has 0 bridgehead atoms. The zero-order valence-electron chi connectivity index (χ0n) is 43.9. The third-order valence-corrected chi connectivity index (χ3v) is 16.9. The van der Waals surface area contributed by atoms with Gasteiger partial charge in [-0.05, 0) is 95.6 Å². The van der Waals surface area contributed by atoms with Crippen LogP contribution in [-0.4, -0.2) is 77.4 Å². The molecular weight excluding hydrogens is 1040 g/mol. The molecular formula is C63H54N4O10S2. The van der Waals surface area contributed by atoms with Gasteiger partial charge in [0.25, 0.3) is 20.0 Å². The number of H-pyrrole nitrogens is 1. The third kappa shape index (κ3) is 10.2. The zero-order chi connectivity index (χ0) is 55.3. The van der Waals surface area contributed by atoms with Crippen LogP contribution in [0.4, 0.5) is 0 Å². The van der Waals surface area contributed by atoms with Crippen molar-refractivity contribution in [3.63, 3.8) is 0 Å². The Bertz CT molecular complexity index is 4390. The molecule has 8 aromatic carbocycles. The fourth-order valence-corrected chi connectivity index (χ4v) is 12.5. The van der Waals surface area contributed by atoms with Crippen LogP contribution < -0.4 is 28.4 Å². The largest absolute Gasteiger partial charge is 0.493 e. The molecule has 14 nitrogen and oxygen atoms in total. The molecule has 1 N–H and O–H groups in total. The molecule has 0 amide bonds. The van der Waals surface area contributed by atoms with E-state index in [1.807, 2.05) is 121 Å². The van der Waals surface area contributed by atoms with Gasteiger partial charge in [0.1, 0.15) is 4.90 Å². The number of hydrogen-bond acceptors (Lipinski definition) is 11. The predicted molar refractivity (Wildman–Crippen MR) is 311 cm³/mol. The second kappa shape index (κ2) is 22.6. The van der Waals surface area contributed by atoms with Gasteiger partial charge in [0, 0.05) is 68.5 Å². The van der Waals surface area contributed by atoms with Gasteiger partial charge in [0.2, 0.25) is 0 Å². The van der Waals surface area contributed by atoms with Crippen molar-refractivity contribution in [2.75, 3.05) is 42.7 Å². The van der Waals surface area contributed by atoms with Crippen molar-refractivity contribution in [3.05, 3.63) is 213 Å². The van der Waals surface area contributed by atoms with Crippen molar-refractivity contribution in [1.29, 1.82) is 0 Å². The molecule has 79 heavy (non-hydrogen) atoms. The highest BCUT2D eigenvalue weighted by Gasteiger charge is 2.26. The summed E-state index contributed by atoms with van der Waals surface area (Å²) in [6, 6.07) is 57.4. The van der Waals surface area contributed by atoms with E-state index in [9.17, 15) is 16.8 Å². The van der Waals surface area contributed by atoms with Gasteiger partial charge in [-0.15, -0.1) is 0 Å². The lowest BCUT2D eigenvalue weighted by Gasteiger charge is -2.10. The fraction of sp³-hybridized carbons (Fsp3) is 0.0952. The van der Waals surface area contributed by atoms with Crippen LogP contribution in [0.2, 0.25) is 0 Å². The van der Waals surface area contributed by atoms with E-state index in [2.05, 4.69) is 22.1 Å². The summed E-state index contributed by atoms with van der Waals surface area (Å²) in [5, 5.41) is 3.63. The molecule has 12 rings (SSSR count). The molecule has 0 saturated heterocycles. The molecule has 0 atom stereocenters. The fourth-order valence-electron chi connectivity index (χ4n) is 9.58. The summed E-state index contributed by atoms with van der Waals surface area (Å²) in [5.41, 5.74) is 8.30.